The zero-order chi connectivity index (χ0) is 5.82. The van der Waals surface area contributed by atoms with Gasteiger partial charge in [0.1, 0.15) is 0 Å². The Morgan fingerprint density at radius 2 is 2.56 bits per heavy atom. The number of rotatable bonds is 1. The van der Waals surface area contributed by atoms with Crippen molar-refractivity contribution in [3.8, 4) is 0 Å². The summed E-state index contributed by atoms with van der Waals surface area (Å²) >= 11 is 1.78. The summed E-state index contributed by atoms with van der Waals surface area (Å²) in [5.74, 6) is 1.12. The Labute approximate surface area is 70.3 Å². The highest BCUT2D eigenvalue weighted by molar-refractivity contribution is 8.93. The lowest BCUT2D eigenvalue weighted by atomic mass is 10.7. The van der Waals surface area contributed by atoms with Crippen molar-refractivity contribution >= 4 is 33.9 Å². The maximum absolute atomic E-state index is 4.19. The van der Waals surface area contributed by atoms with Crippen molar-refractivity contribution in [2.45, 2.75) is 6.92 Å². The first kappa shape index (κ1) is 9.30. The van der Waals surface area contributed by atoms with Crippen LogP contribution < -0.4 is 5.32 Å². The molecule has 1 heterocycles. The van der Waals surface area contributed by atoms with E-state index in [1.165, 1.54) is 0 Å². The van der Waals surface area contributed by atoms with Crippen molar-refractivity contribution in [3.63, 3.8) is 0 Å². The maximum atomic E-state index is 4.19. The van der Waals surface area contributed by atoms with E-state index in [1.54, 1.807) is 11.8 Å². The first-order valence-electron chi connectivity index (χ1n) is 2.84. The number of nitrogens with zero attached hydrogens (tertiary/aromatic N) is 1. The summed E-state index contributed by atoms with van der Waals surface area (Å²) in [5, 5.41) is 4.29. The standard InChI is InChI=1S/C5H10N2S.BrH/c1-2-8-5-6-3-4-7-5;/h2-4H2,1H3,(H,6,7);1H. The predicted octanol–water partition coefficient (Wildman–Crippen LogP) is 1.28. The molecule has 2 nitrogen and oxygen atoms in total. The van der Waals surface area contributed by atoms with Gasteiger partial charge in [0.15, 0.2) is 5.17 Å². The molecule has 0 amide bonds. The van der Waals surface area contributed by atoms with E-state index >= 15 is 0 Å². The van der Waals surface area contributed by atoms with E-state index in [1.807, 2.05) is 0 Å². The minimum Gasteiger partial charge on any atom is -0.363 e. The molecule has 4 heteroatoms. The Bertz CT molecular complexity index is 105. The fraction of sp³-hybridized carbons (Fsp3) is 0.800. The molecule has 0 aliphatic carbocycles. The summed E-state index contributed by atoms with van der Waals surface area (Å²) in [6.07, 6.45) is 0. The molecule has 54 valence electrons. The van der Waals surface area contributed by atoms with E-state index in [4.69, 9.17) is 0 Å². The zero-order valence-corrected chi connectivity index (χ0v) is 7.91. The molecule has 9 heavy (non-hydrogen) atoms. The molecule has 0 aromatic rings. The first-order valence-corrected chi connectivity index (χ1v) is 3.83. The topological polar surface area (TPSA) is 24.4 Å². The average molecular weight is 211 g/mol. The van der Waals surface area contributed by atoms with Crippen molar-refractivity contribution in [1.29, 1.82) is 0 Å². The molecule has 0 unspecified atom stereocenters. The van der Waals surface area contributed by atoms with Crippen LogP contribution in [0.3, 0.4) is 0 Å². The molecule has 0 saturated heterocycles. The first-order chi connectivity index (χ1) is 3.93. The van der Waals surface area contributed by atoms with Crippen LogP contribution in [-0.2, 0) is 0 Å². The van der Waals surface area contributed by atoms with Gasteiger partial charge in [-0.3, -0.25) is 4.99 Å². The highest BCUT2D eigenvalue weighted by Crippen LogP contribution is 2.02. The van der Waals surface area contributed by atoms with Crippen LogP contribution in [0, 0.1) is 0 Å². The SMILES string of the molecule is Br.CCSC1=NCCN1. The molecule has 0 atom stereocenters. The lowest BCUT2D eigenvalue weighted by Gasteiger charge is -1.94. The van der Waals surface area contributed by atoms with Gasteiger partial charge in [-0.2, -0.15) is 0 Å². The number of hydrogen-bond donors (Lipinski definition) is 1. The van der Waals surface area contributed by atoms with Gasteiger partial charge in [0.25, 0.3) is 0 Å². The van der Waals surface area contributed by atoms with E-state index in [0.29, 0.717) is 0 Å². The molecular weight excluding hydrogens is 200 g/mol. The number of thioether (sulfide) groups is 1. The molecule has 0 aromatic heterocycles. The summed E-state index contributed by atoms with van der Waals surface area (Å²) in [7, 11) is 0. The number of hydrogen-bond acceptors (Lipinski definition) is 3. The highest BCUT2D eigenvalue weighted by atomic mass is 79.9. The normalized spacial score (nSPS) is 15.9. The predicted molar refractivity (Wildman–Crippen MR) is 48.8 cm³/mol. The second-order valence-electron chi connectivity index (χ2n) is 1.55. The van der Waals surface area contributed by atoms with E-state index < -0.39 is 0 Å². The smallest absolute Gasteiger partial charge is 0.156 e. The maximum Gasteiger partial charge on any atom is 0.156 e. The molecule has 0 aromatic carbocycles. The van der Waals surface area contributed by atoms with Crippen LogP contribution in [0.25, 0.3) is 0 Å². The molecule has 1 rings (SSSR count). The number of halogens is 1. The second-order valence-corrected chi connectivity index (χ2v) is 2.80. The monoisotopic (exact) mass is 210 g/mol. The third-order valence-corrected chi connectivity index (χ3v) is 1.76. The summed E-state index contributed by atoms with van der Waals surface area (Å²) < 4.78 is 0. The van der Waals surface area contributed by atoms with Gasteiger partial charge in [0.05, 0.1) is 6.54 Å². The minimum absolute atomic E-state index is 0. The van der Waals surface area contributed by atoms with Gasteiger partial charge >= 0.3 is 0 Å². The fourth-order valence-corrected chi connectivity index (χ4v) is 1.27. The molecule has 0 bridgehead atoms. The summed E-state index contributed by atoms with van der Waals surface area (Å²) in [6, 6.07) is 0. The van der Waals surface area contributed by atoms with Gasteiger partial charge in [0.2, 0.25) is 0 Å². The molecule has 1 N–H and O–H groups in total. The number of amidine groups is 1. The van der Waals surface area contributed by atoms with Crippen LogP contribution in [0.1, 0.15) is 6.92 Å². The van der Waals surface area contributed by atoms with E-state index in [2.05, 4.69) is 17.2 Å². The van der Waals surface area contributed by atoms with Crippen LogP contribution in [0.4, 0.5) is 0 Å². The van der Waals surface area contributed by atoms with Crippen molar-refractivity contribution in [1.82, 2.24) is 5.32 Å². The van der Waals surface area contributed by atoms with Gasteiger partial charge in [0, 0.05) is 6.54 Å². The molecular formula is C5H11BrN2S. The van der Waals surface area contributed by atoms with Crippen molar-refractivity contribution in [2.75, 3.05) is 18.8 Å². The third kappa shape index (κ3) is 3.11. The Balaban J connectivity index is 0.000000640. The Kier molecular flexibility index (Phi) is 5.28. The lowest BCUT2D eigenvalue weighted by Crippen LogP contribution is -2.14. The van der Waals surface area contributed by atoms with Gasteiger partial charge in [-0.25, -0.2) is 0 Å². The average Bonchev–Trinajstić information content (AvgIpc) is 2.19. The second kappa shape index (κ2) is 5.11. The van der Waals surface area contributed by atoms with Crippen molar-refractivity contribution in [2.24, 2.45) is 4.99 Å². The molecule has 0 radical (unpaired) electrons. The van der Waals surface area contributed by atoms with Gasteiger partial charge in [-0.1, -0.05) is 18.7 Å². The van der Waals surface area contributed by atoms with Crippen molar-refractivity contribution < 1.29 is 0 Å². The Morgan fingerprint density at radius 1 is 1.78 bits per heavy atom. The molecule has 0 saturated carbocycles. The van der Waals surface area contributed by atoms with E-state index in [-0.39, 0.29) is 17.0 Å². The highest BCUT2D eigenvalue weighted by Gasteiger charge is 2.01. The van der Waals surface area contributed by atoms with Gasteiger partial charge in [-0.05, 0) is 5.75 Å². The summed E-state index contributed by atoms with van der Waals surface area (Å²) in [6.45, 7) is 4.12. The minimum atomic E-state index is 0. The van der Waals surface area contributed by atoms with E-state index in [9.17, 15) is 0 Å². The van der Waals surface area contributed by atoms with Gasteiger partial charge < -0.3 is 5.32 Å². The third-order valence-electron chi connectivity index (χ3n) is 0.924. The van der Waals surface area contributed by atoms with Crippen LogP contribution in [0.15, 0.2) is 4.99 Å². The summed E-state index contributed by atoms with van der Waals surface area (Å²) in [4.78, 5) is 4.19. The largest absolute Gasteiger partial charge is 0.363 e. The Morgan fingerprint density at radius 3 is 3.00 bits per heavy atom. The molecule has 1 aliphatic heterocycles. The van der Waals surface area contributed by atoms with E-state index in [0.717, 1.165) is 24.0 Å². The molecule has 0 spiro atoms. The van der Waals surface area contributed by atoms with Crippen LogP contribution in [0.5, 0.6) is 0 Å². The fourth-order valence-electron chi connectivity index (χ4n) is 0.610. The van der Waals surface area contributed by atoms with Crippen LogP contribution >= 0.6 is 28.7 Å². The molecule has 1 aliphatic rings. The quantitative estimate of drug-likeness (QED) is 0.706. The number of aliphatic imine (C=N–C) groups is 1. The van der Waals surface area contributed by atoms with Crippen LogP contribution in [-0.4, -0.2) is 24.0 Å². The summed E-state index contributed by atoms with van der Waals surface area (Å²) in [5.41, 5.74) is 0. The number of nitrogens with one attached hydrogen (secondary N) is 1. The zero-order valence-electron chi connectivity index (χ0n) is 5.39. The lowest BCUT2D eigenvalue weighted by molar-refractivity contribution is 0.963. The molecule has 0 fully saturated rings. The Hall–Kier alpha value is 0.300. The van der Waals surface area contributed by atoms with Gasteiger partial charge in [-0.15, -0.1) is 17.0 Å². The van der Waals surface area contributed by atoms with Crippen molar-refractivity contribution in [3.05, 3.63) is 0 Å². The van der Waals surface area contributed by atoms with Crippen LogP contribution in [0.2, 0.25) is 0 Å².